The van der Waals surface area contributed by atoms with E-state index >= 15 is 0 Å². The van der Waals surface area contributed by atoms with E-state index in [-0.39, 0.29) is 12.4 Å². The maximum absolute atomic E-state index is 5.44. The third-order valence-corrected chi connectivity index (χ3v) is 1.09. The van der Waals surface area contributed by atoms with Crippen molar-refractivity contribution in [2.45, 2.75) is 0 Å². The molecule has 0 heterocycles. The quantitative estimate of drug-likeness (QED) is 0.284. The highest BCUT2D eigenvalue weighted by molar-refractivity contribution is 6.18. The Labute approximate surface area is 74.7 Å². The van der Waals surface area contributed by atoms with Crippen molar-refractivity contribution in [1.82, 2.24) is 0 Å². The first kappa shape index (κ1) is 12.9. The molecule has 0 aliphatic heterocycles. The summed E-state index contributed by atoms with van der Waals surface area (Å²) in [5.41, 5.74) is 0. The fourth-order valence-corrected chi connectivity index (χ4v) is 0.580. The minimum Gasteiger partial charge on any atom is -1.00 e. The third kappa shape index (κ3) is 11.1. The van der Waals surface area contributed by atoms with Gasteiger partial charge in [0.05, 0.1) is 27.7 Å². The highest BCUT2D eigenvalue weighted by atomic mass is 35.5. The monoisotopic (exact) mass is 183 g/mol. The number of quaternary nitrogens is 1. The maximum Gasteiger partial charge on any atom is 0.0967 e. The highest BCUT2D eigenvalue weighted by Crippen LogP contribution is 1.89. The number of hydrogen-bond donors (Lipinski definition) is 0. The van der Waals surface area contributed by atoms with Crippen molar-refractivity contribution in [1.29, 1.82) is 0 Å². The first-order chi connectivity index (χ1) is 4.06. The summed E-state index contributed by atoms with van der Waals surface area (Å²) in [4.78, 5) is 0. The van der Waals surface area contributed by atoms with Crippen LogP contribution in [0.25, 0.3) is 0 Å². The molecule has 0 N–H and O–H groups in total. The second-order valence-electron chi connectivity index (χ2n) is 3.10. The molecule has 62 valence electrons. The van der Waals surface area contributed by atoms with Gasteiger partial charge in [-0.1, -0.05) is 6.08 Å². The molecule has 0 rings (SSSR count). The molecular formula is C7H15Cl2N. The van der Waals surface area contributed by atoms with Gasteiger partial charge in [0.25, 0.3) is 0 Å². The number of hydrogen-bond acceptors (Lipinski definition) is 0. The van der Waals surface area contributed by atoms with E-state index in [4.69, 9.17) is 11.6 Å². The van der Waals surface area contributed by atoms with Crippen LogP contribution in [0.2, 0.25) is 0 Å². The summed E-state index contributed by atoms with van der Waals surface area (Å²) in [6, 6.07) is 0. The molecule has 0 aliphatic rings. The lowest BCUT2D eigenvalue weighted by molar-refractivity contribution is -0.864. The minimum atomic E-state index is 0. The van der Waals surface area contributed by atoms with Gasteiger partial charge >= 0.3 is 0 Å². The van der Waals surface area contributed by atoms with E-state index in [1.54, 1.807) is 0 Å². The first-order valence-electron chi connectivity index (χ1n) is 3.07. The SMILES string of the molecule is C[N+](C)(C)C/C=C\CCl.[Cl-]. The number of rotatable bonds is 3. The highest BCUT2D eigenvalue weighted by Gasteiger charge is 2.00. The minimum absolute atomic E-state index is 0. The van der Waals surface area contributed by atoms with Gasteiger partial charge in [0.1, 0.15) is 0 Å². The Bertz CT molecular complexity index is 94.3. The number of nitrogens with zero attached hydrogens (tertiary/aromatic N) is 1. The fraction of sp³-hybridized carbons (Fsp3) is 0.714. The van der Waals surface area contributed by atoms with Crippen LogP contribution in [0.15, 0.2) is 12.2 Å². The van der Waals surface area contributed by atoms with Gasteiger partial charge in [-0.25, -0.2) is 0 Å². The van der Waals surface area contributed by atoms with Gasteiger partial charge in [0.2, 0.25) is 0 Å². The zero-order valence-electron chi connectivity index (χ0n) is 6.77. The van der Waals surface area contributed by atoms with Gasteiger partial charge < -0.3 is 16.9 Å². The van der Waals surface area contributed by atoms with E-state index in [2.05, 4.69) is 27.2 Å². The van der Waals surface area contributed by atoms with Crippen LogP contribution in [-0.4, -0.2) is 38.1 Å². The lowest BCUT2D eigenvalue weighted by Gasteiger charge is -2.21. The van der Waals surface area contributed by atoms with Gasteiger partial charge in [-0.15, -0.1) is 11.6 Å². The molecule has 0 aromatic rings. The van der Waals surface area contributed by atoms with Gasteiger partial charge in [-0.05, 0) is 6.08 Å². The number of halogens is 2. The number of likely N-dealkylation sites (N-methyl/N-ethyl adjacent to an activating group) is 1. The first-order valence-corrected chi connectivity index (χ1v) is 3.61. The standard InChI is InChI=1S/C7H15ClN.ClH/c1-9(2,3)7-5-4-6-8;/h4-5H,6-7H2,1-3H3;1H/q+1;/p-1/b5-4-;. The third-order valence-electron chi connectivity index (χ3n) is 0.909. The Hall–Kier alpha value is 0.280. The van der Waals surface area contributed by atoms with Crippen molar-refractivity contribution in [2.24, 2.45) is 0 Å². The van der Waals surface area contributed by atoms with E-state index in [9.17, 15) is 0 Å². The van der Waals surface area contributed by atoms with Crippen LogP contribution in [-0.2, 0) is 0 Å². The van der Waals surface area contributed by atoms with Crippen LogP contribution in [0.4, 0.5) is 0 Å². The van der Waals surface area contributed by atoms with E-state index in [0.29, 0.717) is 5.88 Å². The summed E-state index contributed by atoms with van der Waals surface area (Å²) in [6.07, 6.45) is 4.08. The normalized spacial score (nSPS) is 11.6. The van der Waals surface area contributed by atoms with Crippen molar-refractivity contribution in [3.8, 4) is 0 Å². The molecule has 0 fully saturated rings. The molecule has 0 atom stereocenters. The maximum atomic E-state index is 5.44. The van der Waals surface area contributed by atoms with Crippen LogP contribution >= 0.6 is 11.6 Å². The molecular weight excluding hydrogens is 169 g/mol. The van der Waals surface area contributed by atoms with E-state index in [0.717, 1.165) is 11.0 Å². The van der Waals surface area contributed by atoms with Crippen molar-refractivity contribution in [3.63, 3.8) is 0 Å². The van der Waals surface area contributed by atoms with E-state index < -0.39 is 0 Å². The zero-order valence-corrected chi connectivity index (χ0v) is 8.28. The summed E-state index contributed by atoms with van der Waals surface area (Å²) in [5, 5.41) is 0. The number of alkyl halides is 1. The van der Waals surface area contributed by atoms with Gasteiger partial charge in [-0.2, -0.15) is 0 Å². The van der Waals surface area contributed by atoms with Crippen LogP contribution < -0.4 is 12.4 Å². The Balaban J connectivity index is 0. The Kier molecular flexibility index (Phi) is 7.77. The smallest absolute Gasteiger partial charge is 0.0967 e. The molecule has 1 nitrogen and oxygen atoms in total. The van der Waals surface area contributed by atoms with Crippen LogP contribution in [0.3, 0.4) is 0 Å². The Morgan fingerprint density at radius 3 is 2.00 bits per heavy atom. The molecule has 3 heteroatoms. The van der Waals surface area contributed by atoms with Gasteiger partial charge in [0.15, 0.2) is 0 Å². The van der Waals surface area contributed by atoms with Gasteiger partial charge in [0, 0.05) is 5.88 Å². The van der Waals surface area contributed by atoms with Gasteiger partial charge in [-0.3, -0.25) is 0 Å². The van der Waals surface area contributed by atoms with Crippen molar-refractivity contribution in [2.75, 3.05) is 33.6 Å². The predicted molar refractivity (Wildman–Crippen MR) is 42.8 cm³/mol. The molecule has 0 bridgehead atoms. The molecule has 0 unspecified atom stereocenters. The number of allylic oxidation sites excluding steroid dienone is 1. The van der Waals surface area contributed by atoms with Crippen LogP contribution in [0.1, 0.15) is 0 Å². The van der Waals surface area contributed by atoms with Crippen molar-refractivity contribution in [3.05, 3.63) is 12.2 Å². The van der Waals surface area contributed by atoms with Crippen LogP contribution in [0.5, 0.6) is 0 Å². The summed E-state index contributed by atoms with van der Waals surface area (Å²) < 4.78 is 0.966. The Morgan fingerprint density at radius 1 is 1.20 bits per heavy atom. The molecule has 10 heavy (non-hydrogen) atoms. The lowest BCUT2D eigenvalue weighted by Crippen LogP contribution is -3.00. The molecule has 0 spiro atoms. The second-order valence-corrected chi connectivity index (χ2v) is 3.41. The molecule has 0 saturated heterocycles. The summed E-state index contributed by atoms with van der Waals surface area (Å²) >= 11 is 5.44. The molecule has 0 radical (unpaired) electrons. The Morgan fingerprint density at radius 2 is 1.70 bits per heavy atom. The average Bonchev–Trinajstić information content (AvgIpc) is 1.63. The van der Waals surface area contributed by atoms with E-state index in [1.165, 1.54) is 0 Å². The largest absolute Gasteiger partial charge is 1.00 e. The fourth-order valence-electron chi connectivity index (χ4n) is 0.454. The summed E-state index contributed by atoms with van der Waals surface area (Å²) in [5.74, 6) is 0.625. The summed E-state index contributed by atoms with van der Waals surface area (Å²) in [7, 11) is 6.45. The van der Waals surface area contributed by atoms with Crippen molar-refractivity contribution < 1.29 is 16.9 Å². The molecule has 0 amide bonds. The second kappa shape index (κ2) is 6.02. The molecule has 0 aromatic heterocycles. The summed E-state index contributed by atoms with van der Waals surface area (Å²) in [6.45, 7) is 1.05. The molecule has 0 saturated carbocycles. The molecule has 0 aliphatic carbocycles. The van der Waals surface area contributed by atoms with Crippen molar-refractivity contribution >= 4 is 11.6 Å². The zero-order chi connectivity index (χ0) is 7.33. The van der Waals surface area contributed by atoms with E-state index in [1.807, 2.05) is 6.08 Å². The lowest BCUT2D eigenvalue weighted by atomic mass is 10.4. The molecule has 0 aromatic carbocycles. The topological polar surface area (TPSA) is 0 Å². The predicted octanol–water partition coefficient (Wildman–Crippen LogP) is -1.51. The van der Waals surface area contributed by atoms with Crippen LogP contribution in [0, 0.1) is 0 Å². The average molecular weight is 184 g/mol.